The molecule has 0 aliphatic carbocycles. The van der Waals surface area contributed by atoms with E-state index >= 15 is 0 Å². The fraction of sp³-hybridized carbons (Fsp3) is 0.500. The van der Waals surface area contributed by atoms with Crippen LogP contribution in [0.2, 0.25) is 0 Å². The van der Waals surface area contributed by atoms with E-state index in [4.69, 9.17) is 4.74 Å². The molecule has 0 bridgehead atoms. The number of ether oxygens (including phenoxy) is 1. The number of anilines is 1. The Labute approximate surface area is 160 Å². The average molecular weight is 354 g/mol. The van der Waals surface area contributed by atoms with Crippen molar-refractivity contribution in [1.29, 1.82) is 0 Å². The lowest BCUT2D eigenvalue weighted by molar-refractivity contribution is 0.153. The molecule has 2 rings (SSSR count). The van der Waals surface area contributed by atoms with Crippen LogP contribution >= 0.6 is 0 Å². The Bertz CT molecular complexity index is 589. The largest absolute Gasteiger partial charge is 0.363 e. The van der Waals surface area contributed by atoms with Crippen molar-refractivity contribution in [3.05, 3.63) is 54.1 Å². The molecule has 0 unspecified atom stereocenters. The molecule has 0 fully saturated rings. The first-order valence-electron chi connectivity index (χ1n) is 10.3. The lowest BCUT2D eigenvalue weighted by Crippen LogP contribution is -2.06. The third-order valence-electron chi connectivity index (χ3n) is 4.72. The Balaban J connectivity index is 1.76. The zero-order valence-corrected chi connectivity index (χ0v) is 16.6. The predicted octanol–water partition coefficient (Wildman–Crippen LogP) is 7.05. The van der Waals surface area contributed by atoms with Crippen molar-refractivity contribution in [1.82, 2.24) is 0 Å². The van der Waals surface area contributed by atoms with Crippen LogP contribution in [0.3, 0.4) is 0 Å². The van der Waals surface area contributed by atoms with Gasteiger partial charge in [-0.15, -0.1) is 0 Å². The van der Waals surface area contributed by atoms with E-state index in [2.05, 4.69) is 67.7 Å². The summed E-state index contributed by atoms with van der Waals surface area (Å²) in [4.78, 5) is 0. The normalized spacial score (nSPS) is 10.8. The van der Waals surface area contributed by atoms with Gasteiger partial charge < -0.3 is 10.1 Å². The van der Waals surface area contributed by atoms with Gasteiger partial charge in [0.05, 0.1) is 0 Å². The van der Waals surface area contributed by atoms with Crippen molar-refractivity contribution < 1.29 is 4.74 Å². The molecule has 142 valence electrons. The van der Waals surface area contributed by atoms with Crippen LogP contribution in [0.15, 0.2) is 48.5 Å². The zero-order chi connectivity index (χ0) is 18.5. The van der Waals surface area contributed by atoms with E-state index in [0.29, 0.717) is 6.73 Å². The topological polar surface area (TPSA) is 21.3 Å². The van der Waals surface area contributed by atoms with E-state index in [-0.39, 0.29) is 0 Å². The van der Waals surface area contributed by atoms with Crippen LogP contribution < -0.4 is 5.32 Å². The van der Waals surface area contributed by atoms with Crippen LogP contribution in [0, 0.1) is 0 Å². The number of unbranched alkanes of at least 4 members (excludes halogenated alkanes) is 5. The first-order valence-corrected chi connectivity index (χ1v) is 10.3. The smallest absolute Gasteiger partial charge is 0.116 e. The van der Waals surface area contributed by atoms with Gasteiger partial charge in [0.2, 0.25) is 0 Å². The van der Waals surface area contributed by atoms with Crippen LogP contribution in [0.4, 0.5) is 5.69 Å². The van der Waals surface area contributed by atoms with Crippen molar-refractivity contribution in [3.63, 3.8) is 0 Å². The van der Waals surface area contributed by atoms with Crippen molar-refractivity contribution in [2.24, 2.45) is 0 Å². The summed E-state index contributed by atoms with van der Waals surface area (Å²) in [5, 5.41) is 3.29. The van der Waals surface area contributed by atoms with Crippen LogP contribution in [0.5, 0.6) is 0 Å². The number of hydrogen-bond acceptors (Lipinski definition) is 2. The van der Waals surface area contributed by atoms with Gasteiger partial charge in [0.25, 0.3) is 0 Å². The molecule has 0 aromatic heterocycles. The molecule has 2 aromatic carbocycles. The van der Waals surface area contributed by atoms with Crippen molar-refractivity contribution >= 4 is 5.69 Å². The van der Waals surface area contributed by atoms with Gasteiger partial charge in [-0.25, -0.2) is 0 Å². The molecule has 26 heavy (non-hydrogen) atoms. The standard InChI is InChI=1S/C24H35NO/c1-3-5-6-7-8-9-10-21-11-13-22(14-12-21)23-15-17-24(18-16-23)25-20-26-19-4-2/h11-18,25H,3-10,19-20H2,1-2H3. The Morgan fingerprint density at radius 3 is 1.96 bits per heavy atom. The maximum atomic E-state index is 5.46. The van der Waals surface area contributed by atoms with Gasteiger partial charge in [-0.2, -0.15) is 0 Å². The van der Waals surface area contributed by atoms with Crippen molar-refractivity contribution in [2.75, 3.05) is 18.7 Å². The van der Waals surface area contributed by atoms with Crippen molar-refractivity contribution in [3.8, 4) is 11.1 Å². The van der Waals surface area contributed by atoms with Gasteiger partial charge in [0.15, 0.2) is 0 Å². The number of aryl methyl sites for hydroxylation is 1. The second-order valence-electron chi connectivity index (χ2n) is 7.02. The minimum atomic E-state index is 0.570. The summed E-state index contributed by atoms with van der Waals surface area (Å²) < 4.78 is 5.46. The van der Waals surface area contributed by atoms with E-state index in [0.717, 1.165) is 18.7 Å². The Morgan fingerprint density at radius 1 is 0.692 bits per heavy atom. The quantitative estimate of drug-likeness (QED) is 0.307. The molecule has 1 N–H and O–H groups in total. The number of benzene rings is 2. The van der Waals surface area contributed by atoms with E-state index in [9.17, 15) is 0 Å². The summed E-state index contributed by atoms with van der Waals surface area (Å²) >= 11 is 0. The summed E-state index contributed by atoms with van der Waals surface area (Å²) in [5.74, 6) is 0. The molecular weight excluding hydrogens is 318 g/mol. The zero-order valence-electron chi connectivity index (χ0n) is 16.6. The van der Waals surface area contributed by atoms with Crippen LogP contribution in [0.1, 0.15) is 64.4 Å². The Hall–Kier alpha value is -1.80. The van der Waals surface area contributed by atoms with Crippen molar-refractivity contribution in [2.45, 2.75) is 65.2 Å². The first-order chi connectivity index (χ1) is 12.8. The molecule has 0 radical (unpaired) electrons. The molecule has 0 heterocycles. The fourth-order valence-corrected chi connectivity index (χ4v) is 3.10. The Morgan fingerprint density at radius 2 is 1.31 bits per heavy atom. The summed E-state index contributed by atoms with van der Waals surface area (Å²) in [6.07, 6.45) is 10.4. The fourth-order valence-electron chi connectivity index (χ4n) is 3.10. The van der Waals surface area contributed by atoms with Gasteiger partial charge >= 0.3 is 0 Å². The summed E-state index contributed by atoms with van der Waals surface area (Å²) in [6, 6.07) is 17.6. The van der Waals surface area contributed by atoms with Crippen LogP contribution in [-0.2, 0) is 11.2 Å². The van der Waals surface area contributed by atoms with Gasteiger partial charge in [-0.1, -0.05) is 82.3 Å². The molecule has 0 aliphatic rings. The van der Waals surface area contributed by atoms with E-state index in [1.807, 2.05) is 0 Å². The van der Waals surface area contributed by atoms with Crippen LogP contribution in [-0.4, -0.2) is 13.3 Å². The first kappa shape index (κ1) is 20.5. The maximum absolute atomic E-state index is 5.46. The number of nitrogens with one attached hydrogen (secondary N) is 1. The van der Waals surface area contributed by atoms with Gasteiger partial charge in [-0.05, 0) is 48.1 Å². The molecule has 0 aliphatic heterocycles. The number of rotatable bonds is 13. The summed E-state index contributed by atoms with van der Waals surface area (Å²) in [6.45, 7) is 5.76. The summed E-state index contributed by atoms with van der Waals surface area (Å²) in [7, 11) is 0. The second kappa shape index (κ2) is 12.5. The van der Waals surface area contributed by atoms with Gasteiger partial charge in [0.1, 0.15) is 6.73 Å². The second-order valence-corrected chi connectivity index (χ2v) is 7.02. The molecular formula is C24H35NO. The molecule has 2 heteroatoms. The highest BCUT2D eigenvalue weighted by Crippen LogP contribution is 2.22. The SMILES string of the molecule is CCCCCCCCc1ccc(-c2ccc(NCOCCC)cc2)cc1. The van der Waals surface area contributed by atoms with E-state index < -0.39 is 0 Å². The molecule has 0 atom stereocenters. The highest BCUT2D eigenvalue weighted by molar-refractivity contribution is 5.66. The van der Waals surface area contributed by atoms with Gasteiger partial charge in [0, 0.05) is 12.3 Å². The lowest BCUT2D eigenvalue weighted by Gasteiger charge is -2.09. The maximum Gasteiger partial charge on any atom is 0.116 e. The van der Waals surface area contributed by atoms with Crippen LogP contribution in [0.25, 0.3) is 11.1 Å². The molecule has 0 saturated heterocycles. The Kier molecular flexibility index (Phi) is 9.89. The third kappa shape index (κ3) is 7.61. The van der Waals surface area contributed by atoms with E-state index in [1.165, 1.54) is 61.6 Å². The highest BCUT2D eigenvalue weighted by atomic mass is 16.5. The third-order valence-corrected chi connectivity index (χ3v) is 4.72. The molecule has 0 spiro atoms. The van der Waals surface area contributed by atoms with E-state index in [1.54, 1.807) is 0 Å². The van der Waals surface area contributed by atoms with Gasteiger partial charge in [-0.3, -0.25) is 0 Å². The molecule has 0 saturated carbocycles. The minimum Gasteiger partial charge on any atom is -0.363 e. The average Bonchev–Trinajstić information content (AvgIpc) is 2.69. The molecule has 2 nitrogen and oxygen atoms in total. The highest BCUT2D eigenvalue weighted by Gasteiger charge is 2.00. The monoisotopic (exact) mass is 353 g/mol. The molecule has 0 amide bonds. The number of hydrogen-bond donors (Lipinski definition) is 1. The minimum absolute atomic E-state index is 0.570. The molecule has 2 aromatic rings. The predicted molar refractivity (Wildman–Crippen MR) is 114 cm³/mol. The lowest BCUT2D eigenvalue weighted by atomic mass is 10.0. The summed E-state index contributed by atoms with van der Waals surface area (Å²) in [5.41, 5.74) is 5.10.